The molecular weight excluding hydrogens is 351 g/mol. The van der Waals surface area contributed by atoms with Crippen molar-refractivity contribution in [3.63, 3.8) is 0 Å². The van der Waals surface area contributed by atoms with Gasteiger partial charge in [-0.05, 0) is 24.6 Å². The zero-order chi connectivity index (χ0) is 16.4. The summed E-state index contributed by atoms with van der Waals surface area (Å²) in [7, 11) is 0. The Bertz CT molecular complexity index is 743. The molecule has 0 saturated carbocycles. The summed E-state index contributed by atoms with van der Waals surface area (Å²) in [5.41, 5.74) is 1.11. The van der Waals surface area contributed by atoms with E-state index in [1.807, 2.05) is 35.8 Å². The van der Waals surface area contributed by atoms with Crippen molar-refractivity contribution < 1.29 is 9.53 Å². The maximum absolute atomic E-state index is 11.1. The molecule has 0 amide bonds. The highest BCUT2D eigenvalue weighted by atomic mass is 35.5. The lowest BCUT2D eigenvalue weighted by molar-refractivity contribution is -0.143. The van der Waals surface area contributed by atoms with E-state index in [0.29, 0.717) is 18.0 Å². The molecule has 24 heavy (non-hydrogen) atoms. The fourth-order valence-corrected chi connectivity index (χ4v) is 2.74. The predicted molar refractivity (Wildman–Crippen MR) is 94.0 cm³/mol. The van der Waals surface area contributed by atoms with Gasteiger partial charge in [-0.2, -0.15) is 0 Å². The molecule has 0 spiro atoms. The molecule has 1 aliphatic rings. The second kappa shape index (κ2) is 7.77. The van der Waals surface area contributed by atoms with Gasteiger partial charge in [0, 0.05) is 24.6 Å². The van der Waals surface area contributed by atoms with Gasteiger partial charge in [0.15, 0.2) is 5.82 Å². The number of hydrogen-bond acceptors (Lipinski definition) is 5. The Balaban J connectivity index is 0.00000208. The Kier molecular flexibility index (Phi) is 5.96. The van der Waals surface area contributed by atoms with Crippen LogP contribution in [0.1, 0.15) is 36.6 Å². The zero-order valence-electron chi connectivity index (χ0n) is 13.3. The maximum atomic E-state index is 11.1. The molecule has 0 bridgehead atoms. The molecule has 2 aromatic rings. The fraction of sp³-hybridized carbons (Fsp3) is 0.375. The largest absolute Gasteiger partial charge is 0.457 e. The number of nitrogens with zero attached hydrogens (tertiary/aromatic N) is 4. The van der Waals surface area contributed by atoms with E-state index in [9.17, 15) is 4.79 Å². The van der Waals surface area contributed by atoms with Crippen LogP contribution < -0.4 is 0 Å². The lowest BCUT2D eigenvalue weighted by atomic mass is 10.1. The van der Waals surface area contributed by atoms with Crippen molar-refractivity contribution in [1.82, 2.24) is 14.8 Å². The molecule has 1 aromatic heterocycles. The monoisotopic (exact) mass is 368 g/mol. The third-order valence-corrected chi connectivity index (χ3v) is 3.97. The van der Waals surface area contributed by atoms with Gasteiger partial charge >= 0.3 is 5.97 Å². The van der Waals surface area contributed by atoms with Gasteiger partial charge in [0.2, 0.25) is 0 Å². The van der Waals surface area contributed by atoms with Gasteiger partial charge in [-0.1, -0.05) is 23.7 Å². The second-order valence-corrected chi connectivity index (χ2v) is 5.95. The van der Waals surface area contributed by atoms with Crippen LogP contribution in [0.15, 0.2) is 29.3 Å². The number of aryl methyl sites for hydroxylation is 1. The van der Waals surface area contributed by atoms with Gasteiger partial charge in [0.05, 0.1) is 6.54 Å². The van der Waals surface area contributed by atoms with Crippen molar-refractivity contribution in [2.45, 2.75) is 39.0 Å². The van der Waals surface area contributed by atoms with Crippen molar-refractivity contribution in [1.29, 1.82) is 0 Å². The smallest absolute Gasteiger partial charge is 0.303 e. The molecule has 0 radical (unpaired) electrons. The minimum Gasteiger partial charge on any atom is -0.457 e. The van der Waals surface area contributed by atoms with Gasteiger partial charge in [0.25, 0.3) is 0 Å². The van der Waals surface area contributed by atoms with Gasteiger partial charge in [-0.25, -0.2) is 0 Å². The lowest BCUT2D eigenvalue weighted by Crippen LogP contribution is -2.16. The number of carbonyl (C=O) groups excluding carboxylic acids is 1. The number of aliphatic imine (C=N–C) groups is 1. The van der Waals surface area contributed by atoms with Crippen LogP contribution in [0, 0.1) is 6.92 Å². The van der Waals surface area contributed by atoms with E-state index in [1.54, 1.807) is 6.21 Å². The van der Waals surface area contributed by atoms with E-state index in [4.69, 9.17) is 16.3 Å². The third-order valence-electron chi connectivity index (χ3n) is 3.72. The molecule has 2 atom stereocenters. The normalized spacial score (nSPS) is 19.1. The minimum absolute atomic E-state index is 0. The number of esters is 1. The first-order chi connectivity index (χ1) is 11.0. The van der Waals surface area contributed by atoms with Crippen LogP contribution in [-0.4, -0.2) is 33.1 Å². The number of carbonyl (C=O) groups is 1. The average Bonchev–Trinajstić information content (AvgIpc) is 3.09. The number of rotatable bonds is 4. The van der Waals surface area contributed by atoms with Crippen LogP contribution in [-0.2, 0) is 16.1 Å². The van der Waals surface area contributed by atoms with Crippen LogP contribution in [0.5, 0.6) is 0 Å². The predicted octanol–water partition coefficient (Wildman–Crippen LogP) is 3.16. The maximum Gasteiger partial charge on any atom is 0.303 e. The Morgan fingerprint density at radius 3 is 2.71 bits per heavy atom. The van der Waals surface area contributed by atoms with Gasteiger partial charge in [-0.3, -0.25) is 9.79 Å². The van der Waals surface area contributed by atoms with Crippen molar-refractivity contribution in [2.24, 2.45) is 4.99 Å². The van der Waals surface area contributed by atoms with E-state index in [-0.39, 0.29) is 30.5 Å². The summed E-state index contributed by atoms with van der Waals surface area (Å²) in [6, 6.07) is 7.53. The Morgan fingerprint density at radius 2 is 2.04 bits per heavy atom. The van der Waals surface area contributed by atoms with Crippen LogP contribution >= 0.6 is 24.0 Å². The van der Waals surface area contributed by atoms with Gasteiger partial charge in [-0.15, -0.1) is 22.6 Å². The van der Waals surface area contributed by atoms with Crippen molar-refractivity contribution >= 4 is 36.2 Å². The highest BCUT2D eigenvalue weighted by Crippen LogP contribution is 2.28. The standard InChI is InChI=1S/C16H17ClN4O2.ClH/c1-10-19-20-16(15-7-14(8-18-15)23-11(2)22)21(10)9-12-3-5-13(17)6-4-12;/h3-6,8,14-15H,7,9H2,1-2H3;1H/t14-,15-;/m1./s1. The van der Waals surface area contributed by atoms with E-state index >= 15 is 0 Å². The molecule has 0 unspecified atom stereocenters. The zero-order valence-corrected chi connectivity index (χ0v) is 14.9. The summed E-state index contributed by atoms with van der Waals surface area (Å²) in [5, 5.41) is 9.13. The molecule has 0 aliphatic carbocycles. The summed E-state index contributed by atoms with van der Waals surface area (Å²) in [4.78, 5) is 15.5. The number of benzene rings is 1. The molecule has 1 aromatic carbocycles. The summed E-state index contributed by atoms with van der Waals surface area (Å²) in [6.07, 6.45) is 1.97. The first-order valence-corrected chi connectivity index (χ1v) is 7.75. The van der Waals surface area contributed by atoms with Crippen LogP contribution in [0.3, 0.4) is 0 Å². The van der Waals surface area contributed by atoms with Crippen molar-refractivity contribution in [3.05, 3.63) is 46.5 Å². The Hall–Kier alpha value is -1.92. The van der Waals surface area contributed by atoms with E-state index in [0.717, 1.165) is 17.2 Å². The summed E-state index contributed by atoms with van der Waals surface area (Å²) in [5.74, 6) is 1.30. The SMILES string of the molecule is CC(=O)O[C@H]1C=N[C@@H](c2nnc(C)n2Cc2ccc(Cl)cc2)C1.Cl. The van der Waals surface area contributed by atoms with Crippen LogP contribution in [0.2, 0.25) is 5.02 Å². The topological polar surface area (TPSA) is 69.4 Å². The second-order valence-electron chi connectivity index (χ2n) is 5.52. The van der Waals surface area contributed by atoms with Crippen molar-refractivity contribution in [2.75, 3.05) is 0 Å². The number of aromatic nitrogens is 3. The minimum atomic E-state index is -0.305. The van der Waals surface area contributed by atoms with E-state index < -0.39 is 0 Å². The summed E-state index contributed by atoms with van der Waals surface area (Å²) < 4.78 is 7.21. The van der Waals surface area contributed by atoms with Gasteiger partial charge < -0.3 is 9.30 Å². The molecule has 8 heteroatoms. The quantitative estimate of drug-likeness (QED) is 0.777. The lowest BCUT2D eigenvalue weighted by Gasteiger charge is -2.13. The van der Waals surface area contributed by atoms with Gasteiger partial charge in [0.1, 0.15) is 18.0 Å². The molecule has 6 nitrogen and oxygen atoms in total. The molecular formula is C16H18Cl2N4O2. The Labute approximate surface area is 151 Å². The molecule has 3 rings (SSSR count). The first kappa shape index (κ1) is 18.4. The molecule has 0 fully saturated rings. The number of halogens is 2. The summed E-state index contributed by atoms with van der Waals surface area (Å²) >= 11 is 5.93. The number of hydrogen-bond donors (Lipinski definition) is 0. The highest BCUT2D eigenvalue weighted by Gasteiger charge is 2.28. The highest BCUT2D eigenvalue weighted by molar-refractivity contribution is 6.30. The third kappa shape index (κ3) is 4.13. The van der Waals surface area contributed by atoms with Crippen LogP contribution in [0.4, 0.5) is 0 Å². The van der Waals surface area contributed by atoms with E-state index in [2.05, 4.69) is 15.2 Å². The average molecular weight is 369 g/mol. The molecule has 1 aliphatic heterocycles. The summed E-state index contributed by atoms with van der Waals surface area (Å²) in [6.45, 7) is 3.96. The Morgan fingerprint density at radius 1 is 1.33 bits per heavy atom. The molecule has 2 heterocycles. The van der Waals surface area contributed by atoms with Crippen molar-refractivity contribution in [3.8, 4) is 0 Å². The first-order valence-electron chi connectivity index (χ1n) is 7.37. The molecule has 128 valence electrons. The molecule has 0 N–H and O–H groups in total. The fourth-order valence-electron chi connectivity index (χ4n) is 2.62. The number of ether oxygens (including phenoxy) is 1. The molecule has 0 saturated heterocycles. The van der Waals surface area contributed by atoms with E-state index in [1.165, 1.54) is 6.92 Å². The van der Waals surface area contributed by atoms with Crippen LogP contribution in [0.25, 0.3) is 0 Å².